The lowest BCUT2D eigenvalue weighted by atomic mass is 10.0. The number of carbonyl (C=O) groups excluding carboxylic acids is 1. The summed E-state index contributed by atoms with van der Waals surface area (Å²) in [7, 11) is 0. The summed E-state index contributed by atoms with van der Waals surface area (Å²) < 4.78 is 0. The zero-order valence-corrected chi connectivity index (χ0v) is 14.9. The van der Waals surface area contributed by atoms with E-state index in [1.165, 1.54) is 28.7 Å². The molecule has 2 aromatic carbocycles. The lowest BCUT2D eigenvalue weighted by Crippen LogP contribution is -2.34. The van der Waals surface area contributed by atoms with Crippen LogP contribution in [0.5, 0.6) is 0 Å². The highest BCUT2D eigenvalue weighted by atomic mass is 16.1. The molecule has 0 radical (unpaired) electrons. The largest absolute Gasteiger partial charge is 0.353 e. The van der Waals surface area contributed by atoms with Gasteiger partial charge >= 0.3 is 0 Å². The second-order valence-electron chi connectivity index (χ2n) is 7.36. The number of nitrogens with one attached hydrogen (secondary N) is 1. The summed E-state index contributed by atoms with van der Waals surface area (Å²) in [4.78, 5) is 12.2. The Balaban J connectivity index is 1.43. The van der Waals surface area contributed by atoms with Gasteiger partial charge in [-0.1, -0.05) is 56.3 Å². The number of carbonyl (C=O) groups is 1. The molecule has 0 saturated heterocycles. The molecule has 1 aliphatic carbocycles. The molecule has 0 spiro atoms. The molecule has 0 aromatic heterocycles. The van der Waals surface area contributed by atoms with Crippen LogP contribution >= 0.6 is 0 Å². The van der Waals surface area contributed by atoms with Crippen molar-refractivity contribution in [3.05, 3.63) is 70.3 Å². The predicted molar refractivity (Wildman–Crippen MR) is 99.4 cm³/mol. The first-order chi connectivity index (χ1) is 11.5. The van der Waals surface area contributed by atoms with Crippen molar-refractivity contribution in [2.24, 2.45) is 0 Å². The summed E-state index contributed by atoms with van der Waals surface area (Å²) in [6, 6.07) is 15.3. The van der Waals surface area contributed by atoms with Crippen LogP contribution in [0.4, 0.5) is 0 Å². The molecule has 2 nitrogen and oxygen atoms in total. The van der Waals surface area contributed by atoms with Gasteiger partial charge in [0, 0.05) is 6.04 Å². The standard InChI is InChI=1S/C22H27NO/c1-15(2)19-9-6-18(7-10-19)13-22(24)23-16(3)4-5-17-8-11-20-14-21(20)12-17/h6-12,15-16H,4-5,13-14H2,1-3H3,(H,23,24). The van der Waals surface area contributed by atoms with Gasteiger partial charge in [0.1, 0.15) is 0 Å². The fourth-order valence-electron chi connectivity index (χ4n) is 3.09. The van der Waals surface area contributed by atoms with Gasteiger partial charge in [-0.15, -0.1) is 0 Å². The maximum Gasteiger partial charge on any atom is 0.224 e. The van der Waals surface area contributed by atoms with Crippen molar-refractivity contribution in [2.45, 2.75) is 58.4 Å². The predicted octanol–water partition coefficient (Wildman–Crippen LogP) is 4.39. The third-order valence-corrected chi connectivity index (χ3v) is 4.81. The summed E-state index contributed by atoms with van der Waals surface area (Å²) in [5.74, 6) is 0.638. The normalized spacial score (nSPS) is 13.5. The minimum atomic E-state index is 0.111. The van der Waals surface area contributed by atoms with E-state index in [9.17, 15) is 4.79 Å². The van der Waals surface area contributed by atoms with Gasteiger partial charge in [0.05, 0.1) is 6.42 Å². The van der Waals surface area contributed by atoms with E-state index < -0.39 is 0 Å². The van der Waals surface area contributed by atoms with Crippen molar-refractivity contribution in [3.63, 3.8) is 0 Å². The zero-order valence-electron chi connectivity index (χ0n) is 14.9. The third kappa shape index (κ3) is 4.47. The molecule has 3 rings (SSSR count). The number of amides is 1. The van der Waals surface area contributed by atoms with Crippen LogP contribution in [-0.4, -0.2) is 11.9 Å². The Labute approximate surface area is 145 Å². The molecule has 126 valence electrons. The Morgan fingerprint density at radius 1 is 1.00 bits per heavy atom. The zero-order chi connectivity index (χ0) is 17.1. The lowest BCUT2D eigenvalue weighted by molar-refractivity contribution is -0.121. The topological polar surface area (TPSA) is 29.1 Å². The summed E-state index contributed by atoms with van der Waals surface area (Å²) in [6.45, 7) is 6.45. The van der Waals surface area contributed by atoms with E-state index in [1.54, 1.807) is 0 Å². The molecule has 24 heavy (non-hydrogen) atoms. The van der Waals surface area contributed by atoms with Crippen LogP contribution in [0.1, 0.15) is 60.9 Å². The molecular formula is C22H27NO. The van der Waals surface area contributed by atoms with E-state index >= 15 is 0 Å². The van der Waals surface area contributed by atoms with E-state index in [2.05, 4.69) is 68.6 Å². The van der Waals surface area contributed by atoms with Gasteiger partial charge in [-0.3, -0.25) is 4.79 Å². The molecule has 1 unspecified atom stereocenters. The third-order valence-electron chi connectivity index (χ3n) is 4.81. The summed E-state index contributed by atoms with van der Waals surface area (Å²) in [6.07, 6.45) is 3.64. The van der Waals surface area contributed by atoms with Gasteiger partial charge in [0.25, 0.3) is 0 Å². The van der Waals surface area contributed by atoms with Gasteiger partial charge in [-0.25, -0.2) is 0 Å². The van der Waals surface area contributed by atoms with Crippen LogP contribution in [-0.2, 0) is 24.1 Å². The van der Waals surface area contributed by atoms with Crippen molar-refractivity contribution < 1.29 is 4.79 Å². The molecule has 1 N–H and O–H groups in total. The Morgan fingerprint density at radius 3 is 2.38 bits per heavy atom. The number of aryl methyl sites for hydroxylation is 1. The number of fused-ring (bicyclic) bond motifs is 1. The van der Waals surface area contributed by atoms with E-state index in [0.29, 0.717) is 12.3 Å². The van der Waals surface area contributed by atoms with Crippen LogP contribution in [0, 0.1) is 0 Å². The first-order valence-corrected chi connectivity index (χ1v) is 9.00. The SMILES string of the molecule is CC(CCc1ccc2c(c1)C2)NC(=O)Cc1ccc(C(C)C)cc1. The molecule has 0 bridgehead atoms. The van der Waals surface area contributed by atoms with E-state index in [-0.39, 0.29) is 11.9 Å². The highest BCUT2D eigenvalue weighted by Crippen LogP contribution is 2.28. The second-order valence-corrected chi connectivity index (χ2v) is 7.36. The van der Waals surface area contributed by atoms with E-state index in [4.69, 9.17) is 0 Å². The summed E-state index contributed by atoms with van der Waals surface area (Å²) in [5, 5.41) is 3.12. The van der Waals surface area contributed by atoms with Gasteiger partial charge in [-0.2, -0.15) is 0 Å². The molecule has 0 heterocycles. The van der Waals surface area contributed by atoms with Gasteiger partial charge in [0.15, 0.2) is 0 Å². The van der Waals surface area contributed by atoms with Crippen LogP contribution in [0.2, 0.25) is 0 Å². The maximum absolute atomic E-state index is 12.2. The van der Waals surface area contributed by atoms with Gasteiger partial charge < -0.3 is 5.32 Å². The quantitative estimate of drug-likeness (QED) is 0.687. The lowest BCUT2D eigenvalue weighted by Gasteiger charge is -2.14. The van der Waals surface area contributed by atoms with Crippen molar-refractivity contribution in [2.75, 3.05) is 0 Å². The van der Waals surface area contributed by atoms with Crippen LogP contribution in [0.25, 0.3) is 0 Å². The average Bonchev–Trinajstić information content (AvgIpc) is 3.32. The Kier molecular flexibility index (Phi) is 5.03. The Bertz CT molecular complexity index is 715. The highest BCUT2D eigenvalue weighted by Gasteiger charge is 2.16. The molecule has 0 fully saturated rings. The molecule has 1 aliphatic rings. The van der Waals surface area contributed by atoms with Crippen molar-refractivity contribution in [1.82, 2.24) is 5.32 Å². The maximum atomic E-state index is 12.2. The van der Waals surface area contributed by atoms with E-state index in [0.717, 1.165) is 18.4 Å². The van der Waals surface area contributed by atoms with E-state index in [1.807, 2.05) is 0 Å². The molecule has 0 aliphatic heterocycles. The smallest absolute Gasteiger partial charge is 0.224 e. The molecule has 0 saturated carbocycles. The minimum absolute atomic E-state index is 0.111. The van der Waals surface area contributed by atoms with Crippen molar-refractivity contribution in [1.29, 1.82) is 0 Å². The monoisotopic (exact) mass is 321 g/mol. The molecule has 2 heteroatoms. The van der Waals surface area contributed by atoms with Crippen molar-refractivity contribution in [3.8, 4) is 0 Å². The Hall–Kier alpha value is -2.09. The molecular weight excluding hydrogens is 294 g/mol. The highest BCUT2D eigenvalue weighted by molar-refractivity contribution is 5.78. The van der Waals surface area contributed by atoms with Gasteiger partial charge in [0.2, 0.25) is 5.91 Å². The van der Waals surface area contributed by atoms with Crippen LogP contribution in [0.3, 0.4) is 0 Å². The fourth-order valence-corrected chi connectivity index (χ4v) is 3.09. The first kappa shape index (κ1) is 16.8. The Morgan fingerprint density at radius 2 is 1.71 bits per heavy atom. The average molecular weight is 321 g/mol. The minimum Gasteiger partial charge on any atom is -0.353 e. The fraction of sp³-hybridized carbons (Fsp3) is 0.409. The second kappa shape index (κ2) is 7.21. The number of benzene rings is 2. The molecule has 1 amide bonds. The van der Waals surface area contributed by atoms with Gasteiger partial charge in [-0.05, 0) is 59.9 Å². The number of hydrogen-bond donors (Lipinski definition) is 1. The molecule has 1 atom stereocenters. The first-order valence-electron chi connectivity index (χ1n) is 9.00. The number of hydrogen-bond acceptors (Lipinski definition) is 1. The summed E-state index contributed by atoms with van der Waals surface area (Å²) >= 11 is 0. The summed E-state index contributed by atoms with van der Waals surface area (Å²) in [5.41, 5.74) is 6.76. The molecule has 2 aromatic rings. The van der Waals surface area contributed by atoms with Crippen LogP contribution in [0.15, 0.2) is 42.5 Å². The van der Waals surface area contributed by atoms with Crippen molar-refractivity contribution >= 4 is 5.91 Å². The van der Waals surface area contributed by atoms with Crippen LogP contribution < -0.4 is 5.32 Å². The number of rotatable bonds is 7.